The van der Waals surface area contributed by atoms with Crippen molar-refractivity contribution in [2.75, 3.05) is 0 Å². The second-order valence-corrected chi connectivity index (χ2v) is 7.83. The Morgan fingerprint density at radius 2 is 1.92 bits per heavy atom. The zero-order valence-corrected chi connectivity index (χ0v) is 15.6. The molecule has 2 aromatic heterocycles. The second kappa shape index (κ2) is 8.43. The predicted molar refractivity (Wildman–Crippen MR) is 104 cm³/mol. The quantitative estimate of drug-likeness (QED) is 0.632. The lowest BCUT2D eigenvalue weighted by atomic mass is 9.96. The van der Waals surface area contributed by atoms with E-state index in [4.69, 9.17) is 0 Å². The molecule has 0 radical (unpaired) electrons. The zero-order valence-electron chi connectivity index (χ0n) is 14.0. The van der Waals surface area contributed by atoms with Crippen molar-refractivity contribution in [1.82, 2.24) is 5.32 Å². The highest BCUT2D eigenvalue weighted by Gasteiger charge is 2.19. The summed E-state index contributed by atoms with van der Waals surface area (Å²) in [6.07, 6.45) is 0.177. The molecule has 3 nitrogen and oxygen atoms in total. The summed E-state index contributed by atoms with van der Waals surface area (Å²) in [4.78, 5) is 14.5. The number of amides is 1. The van der Waals surface area contributed by atoms with Gasteiger partial charge in [-0.25, -0.2) is 0 Å². The Kier molecular flexibility index (Phi) is 6.02. The highest BCUT2D eigenvalue weighted by molar-refractivity contribution is 7.12. The van der Waals surface area contributed by atoms with Crippen molar-refractivity contribution in [2.24, 2.45) is 0 Å². The summed E-state index contributed by atoms with van der Waals surface area (Å²) in [6.45, 7) is 2.51. The van der Waals surface area contributed by atoms with Crippen LogP contribution in [0.4, 0.5) is 0 Å². The van der Waals surface area contributed by atoms with Crippen LogP contribution >= 0.6 is 22.7 Å². The van der Waals surface area contributed by atoms with Crippen molar-refractivity contribution >= 4 is 28.6 Å². The van der Waals surface area contributed by atoms with E-state index in [9.17, 15) is 9.90 Å². The van der Waals surface area contributed by atoms with E-state index in [1.54, 1.807) is 11.3 Å². The Morgan fingerprint density at radius 1 is 1.12 bits per heavy atom. The Balaban J connectivity index is 1.61. The fourth-order valence-electron chi connectivity index (χ4n) is 2.79. The molecule has 0 spiro atoms. The van der Waals surface area contributed by atoms with E-state index in [1.165, 1.54) is 11.3 Å². The van der Waals surface area contributed by atoms with E-state index in [0.29, 0.717) is 6.54 Å². The minimum Gasteiger partial charge on any atom is -0.383 e. The maximum Gasteiger partial charge on any atom is 0.227 e. The normalized spacial score (nSPS) is 13.4. The summed E-state index contributed by atoms with van der Waals surface area (Å²) in [5.41, 5.74) is 1.96. The molecular weight excluding hydrogens is 350 g/mol. The molecule has 1 amide bonds. The van der Waals surface area contributed by atoms with Crippen LogP contribution in [-0.2, 0) is 11.3 Å². The Labute approximate surface area is 156 Å². The van der Waals surface area contributed by atoms with Crippen LogP contribution in [0.2, 0.25) is 0 Å². The summed E-state index contributed by atoms with van der Waals surface area (Å²) in [6, 6.07) is 15.7. The first-order chi connectivity index (χ1) is 12.2. The van der Waals surface area contributed by atoms with E-state index in [-0.39, 0.29) is 11.8 Å². The molecule has 5 heteroatoms. The largest absolute Gasteiger partial charge is 0.383 e. The molecule has 3 rings (SSSR count). The maximum atomic E-state index is 12.5. The van der Waals surface area contributed by atoms with Gasteiger partial charge in [-0.15, -0.1) is 11.3 Å². The first kappa shape index (κ1) is 17.9. The van der Waals surface area contributed by atoms with Crippen LogP contribution in [0.25, 0.3) is 0 Å². The van der Waals surface area contributed by atoms with Crippen LogP contribution in [0.15, 0.2) is 59.3 Å². The molecule has 1 aromatic carbocycles. The number of nitrogens with one attached hydrogen (secondary N) is 1. The summed E-state index contributed by atoms with van der Waals surface area (Å²) < 4.78 is 0. The number of carbonyl (C=O) groups excluding carboxylic acids is 1. The van der Waals surface area contributed by atoms with Crippen molar-refractivity contribution in [2.45, 2.75) is 31.9 Å². The van der Waals surface area contributed by atoms with Gasteiger partial charge in [0.1, 0.15) is 6.10 Å². The minimum absolute atomic E-state index is 0.0435. The zero-order chi connectivity index (χ0) is 17.6. The minimum atomic E-state index is -0.589. The fourth-order valence-corrected chi connectivity index (χ4v) is 4.43. The summed E-state index contributed by atoms with van der Waals surface area (Å²) in [7, 11) is 0. The lowest BCUT2D eigenvalue weighted by molar-refractivity contribution is -0.122. The maximum absolute atomic E-state index is 12.5. The van der Waals surface area contributed by atoms with Gasteiger partial charge < -0.3 is 10.4 Å². The van der Waals surface area contributed by atoms with E-state index in [1.807, 2.05) is 66.2 Å². The van der Waals surface area contributed by atoms with Gasteiger partial charge in [0.15, 0.2) is 0 Å². The SMILES string of the molecule is CC[C@@H](C(=O)NCc1ccc([C@@H](O)c2ccsc2)s1)c1ccccc1. The van der Waals surface area contributed by atoms with Gasteiger partial charge in [0, 0.05) is 9.75 Å². The summed E-state index contributed by atoms with van der Waals surface area (Å²) >= 11 is 3.11. The molecule has 0 saturated carbocycles. The monoisotopic (exact) mass is 371 g/mol. The Morgan fingerprint density at radius 3 is 2.60 bits per heavy atom. The molecular formula is C20H21NO2S2. The third-order valence-electron chi connectivity index (χ3n) is 4.17. The van der Waals surface area contributed by atoms with Crippen LogP contribution in [-0.4, -0.2) is 11.0 Å². The van der Waals surface area contributed by atoms with E-state index < -0.39 is 6.10 Å². The molecule has 130 valence electrons. The molecule has 0 aliphatic carbocycles. The average molecular weight is 372 g/mol. The van der Waals surface area contributed by atoms with Gasteiger partial charge in [-0.05, 0) is 46.5 Å². The number of hydrogen-bond donors (Lipinski definition) is 2. The molecule has 0 aliphatic rings. The van der Waals surface area contributed by atoms with Gasteiger partial charge in [-0.2, -0.15) is 11.3 Å². The number of aliphatic hydroxyl groups excluding tert-OH is 1. The topological polar surface area (TPSA) is 49.3 Å². The van der Waals surface area contributed by atoms with Gasteiger partial charge in [0.2, 0.25) is 5.91 Å². The average Bonchev–Trinajstić information content (AvgIpc) is 3.33. The van der Waals surface area contributed by atoms with E-state index in [0.717, 1.165) is 27.3 Å². The van der Waals surface area contributed by atoms with Gasteiger partial charge in [-0.1, -0.05) is 37.3 Å². The Hall–Kier alpha value is -1.95. The fraction of sp³-hybridized carbons (Fsp3) is 0.250. The van der Waals surface area contributed by atoms with Gasteiger partial charge in [0.25, 0.3) is 0 Å². The first-order valence-electron chi connectivity index (χ1n) is 8.30. The van der Waals surface area contributed by atoms with Gasteiger partial charge in [0.05, 0.1) is 12.5 Å². The Bertz CT molecular complexity index is 796. The van der Waals surface area contributed by atoms with Crippen LogP contribution in [0.1, 0.15) is 46.2 Å². The highest BCUT2D eigenvalue weighted by atomic mass is 32.1. The van der Waals surface area contributed by atoms with Crippen molar-refractivity contribution in [1.29, 1.82) is 0 Å². The molecule has 3 aromatic rings. The predicted octanol–water partition coefficient (Wildman–Crippen LogP) is 4.70. The van der Waals surface area contributed by atoms with Crippen LogP contribution < -0.4 is 5.32 Å². The molecule has 0 unspecified atom stereocenters. The van der Waals surface area contributed by atoms with Crippen molar-refractivity contribution in [3.05, 3.63) is 80.2 Å². The number of hydrogen-bond acceptors (Lipinski definition) is 4. The molecule has 0 aliphatic heterocycles. The smallest absolute Gasteiger partial charge is 0.227 e. The van der Waals surface area contributed by atoms with E-state index >= 15 is 0 Å². The standard InChI is InChI=1S/C20H21NO2S2/c1-2-17(14-6-4-3-5-7-14)20(23)21-12-16-8-9-18(25-16)19(22)15-10-11-24-13-15/h3-11,13,17,19,22H,2,12H2,1H3,(H,21,23)/t17-,19+/m1/s1. The van der Waals surface area contributed by atoms with E-state index in [2.05, 4.69) is 5.32 Å². The molecule has 25 heavy (non-hydrogen) atoms. The summed E-state index contributed by atoms with van der Waals surface area (Å²) in [5, 5.41) is 17.3. The van der Waals surface area contributed by atoms with Gasteiger partial charge >= 0.3 is 0 Å². The van der Waals surface area contributed by atoms with Crippen molar-refractivity contribution < 1.29 is 9.90 Å². The van der Waals surface area contributed by atoms with Crippen LogP contribution in [0, 0.1) is 0 Å². The highest BCUT2D eigenvalue weighted by Crippen LogP contribution is 2.29. The number of thiophene rings is 2. The third-order valence-corrected chi connectivity index (χ3v) is 6.01. The second-order valence-electron chi connectivity index (χ2n) is 5.85. The molecule has 0 bridgehead atoms. The number of aliphatic hydroxyl groups is 1. The summed E-state index contributed by atoms with van der Waals surface area (Å²) in [5.74, 6) is -0.0842. The van der Waals surface area contributed by atoms with Crippen LogP contribution in [0.5, 0.6) is 0 Å². The number of rotatable bonds is 7. The lowest BCUT2D eigenvalue weighted by Crippen LogP contribution is -2.28. The first-order valence-corrected chi connectivity index (χ1v) is 10.1. The third kappa shape index (κ3) is 4.37. The van der Waals surface area contributed by atoms with Crippen LogP contribution in [0.3, 0.4) is 0 Å². The van der Waals surface area contributed by atoms with Gasteiger partial charge in [-0.3, -0.25) is 4.79 Å². The number of carbonyl (C=O) groups is 1. The number of benzene rings is 1. The molecule has 2 heterocycles. The molecule has 0 fully saturated rings. The molecule has 2 atom stereocenters. The van der Waals surface area contributed by atoms with Crippen molar-refractivity contribution in [3.8, 4) is 0 Å². The molecule has 0 saturated heterocycles. The lowest BCUT2D eigenvalue weighted by Gasteiger charge is -2.15. The molecule has 2 N–H and O–H groups in total. The van der Waals surface area contributed by atoms with Crippen molar-refractivity contribution in [3.63, 3.8) is 0 Å².